The highest BCUT2D eigenvalue weighted by Crippen LogP contribution is 2.36. The summed E-state index contributed by atoms with van der Waals surface area (Å²) in [6, 6.07) is 11.3. The third kappa shape index (κ3) is 5.12. The minimum atomic E-state index is -5.07. The Morgan fingerprint density at radius 3 is 2.23 bits per heavy atom. The Balaban J connectivity index is 1.87. The number of benzene rings is 2. The van der Waals surface area contributed by atoms with Crippen molar-refractivity contribution in [2.24, 2.45) is 0 Å². The minimum absolute atomic E-state index is 0.0326. The first-order chi connectivity index (χ1) is 13.9. The van der Waals surface area contributed by atoms with Crippen LogP contribution in [-0.2, 0) is 23.6 Å². The molecule has 11 heteroatoms. The number of nitrogens with one attached hydrogen (secondary N) is 1. The summed E-state index contributed by atoms with van der Waals surface area (Å²) in [5, 5.41) is 6.05. The largest absolute Gasteiger partial charge is 0.435 e. The Morgan fingerprint density at radius 1 is 0.967 bits per heavy atom. The number of nitrogens with zero attached hydrogens (tertiary/aromatic N) is 2. The number of halogens is 7. The molecule has 0 saturated heterocycles. The van der Waals surface area contributed by atoms with Crippen molar-refractivity contribution in [1.82, 2.24) is 9.78 Å². The highest BCUT2D eigenvalue weighted by molar-refractivity contribution is 6.30. The Morgan fingerprint density at radius 2 is 1.63 bits per heavy atom. The van der Waals surface area contributed by atoms with Crippen molar-refractivity contribution in [3.63, 3.8) is 0 Å². The molecule has 0 unspecified atom stereocenters. The second-order valence-corrected chi connectivity index (χ2v) is 6.66. The zero-order chi connectivity index (χ0) is 22.1. The van der Waals surface area contributed by atoms with Gasteiger partial charge in [0.15, 0.2) is 5.69 Å². The van der Waals surface area contributed by atoms with Gasteiger partial charge >= 0.3 is 12.4 Å². The number of anilines is 1. The number of rotatable bonds is 4. The Bertz CT molecular complexity index is 1060. The molecule has 1 heterocycles. The van der Waals surface area contributed by atoms with Gasteiger partial charge in [-0.25, -0.2) is 4.68 Å². The van der Waals surface area contributed by atoms with E-state index in [1.165, 1.54) is 12.1 Å². The Labute approximate surface area is 171 Å². The lowest BCUT2D eigenvalue weighted by atomic mass is 10.1. The van der Waals surface area contributed by atoms with Crippen molar-refractivity contribution >= 4 is 23.2 Å². The van der Waals surface area contributed by atoms with Crippen molar-refractivity contribution < 1.29 is 31.1 Å². The van der Waals surface area contributed by atoms with Crippen molar-refractivity contribution in [3.8, 4) is 5.69 Å². The van der Waals surface area contributed by atoms with E-state index in [9.17, 15) is 31.1 Å². The topological polar surface area (TPSA) is 46.9 Å². The molecule has 1 N–H and O–H groups in total. The van der Waals surface area contributed by atoms with Gasteiger partial charge in [0.25, 0.3) is 0 Å². The maximum Gasteiger partial charge on any atom is 0.435 e. The molecule has 0 spiro atoms. The standard InChI is InChI=1S/C19H12ClF6N3O/c20-12-6-4-11(5-7-12)8-17(30)27-13-2-1-3-14(9-13)29-16(19(24,25)26)10-15(28-29)18(21,22)23/h1-7,9-10H,8H2,(H,27,30). The molecular formula is C19H12ClF6N3O. The van der Waals surface area contributed by atoms with Crippen LogP contribution in [0.15, 0.2) is 54.6 Å². The molecule has 3 rings (SSSR count). The molecule has 4 nitrogen and oxygen atoms in total. The fourth-order valence-corrected chi connectivity index (χ4v) is 2.75. The third-order valence-electron chi connectivity index (χ3n) is 3.94. The van der Waals surface area contributed by atoms with Crippen LogP contribution in [0, 0.1) is 0 Å². The van der Waals surface area contributed by atoms with Crippen LogP contribution >= 0.6 is 11.6 Å². The molecule has 3 aromatic rings. The van der Waals surface area contributed by atoms with E-state index in [1.807, 2.05) is 0 Å². The van der Waals surface area contributed by atoms with Crippen molar-refractivity contribution in [3.05, 3.63) is 76.6 Å². The summed E-state index contributed by atoms with van der Waals surface area (Å²) in [5.74, 6) is -0.470. The van der Waals surface area contributed by atoms with Crippen LogP contribution in [0.2, 0.25) is 5.02 Å². The van der Waals surface area contributed by atoms with E-state index < -0.39 is 29.6 Å². The molecule has 1 aromatic heterocycles. The van der Waals surface area contributed by atoms with Gasteiger partial charge in [0.1, 0.15) is 5.69 Å². The van der Waals surface area contributed by atoms with Crippen LogP contribution in [0.3, 0.4) is 0 Å². The van der Waals surface area contributed by atoms with E-state index in [2.05, 4.69) is 10.4 Å². The molecule has 0 aliphatic heterocycles. The van der Waals surface area contributed by atoms with E-state index in [0.717, 1.165) is 12.1 Å². The van der Waals surface area contributed by atoms with Gasteiger partial charge in [-0.1, -0.05) is 29.8 Å². The lowest BCUT2D eigenvalue weighted by molar-refractivity contribution is -0.143. The quantitative estimate of drug-likeness (QED) is 0.518. The highest BCUT2D eigenvalue weighted by Gasteiger charge is 2.42. The smallest absolute Gasteiger partial charge is 0.326 e. The molecule has 0 bridgehead atoms. The van der Waals surface area contributed by atoms with Gasteiger partial charge in [-0.2, -0.15) is 31.4 Å². The van der Waals surface area contributed by atoms with E-state index in [0.29, 0.717) is 10.6 Å². The first kappa shape index (κ1) is 21.7. The van der Waals surface area contributed by atoms with Crippen LogP contribution in [-0.4, -0.2) is 15.7 Å². The number of hydrogen-bond acceptors (Lipinski definition) is 2. The summed E-state index contributed by atoms with van der Waals surface area (Å²) < 4.78 is 78.4. The molecule has 0 saturated carbocycles. The number of amides is 1. The van der Waals surface area contributed by atoms with Gasteiger partial charge in [-0.05, 0) is 35.9 Å². The normalized spacial score (nSPS) is 12.1. The van der Waals surface area contributed by atoms with Gasteiger partial charge in [0.05, 0.1) is 12.1 Å². The van der Waals surface area contributed by atoms with Crippen molar-refractivity contribution in [2.75, 3.05) is 5.32 Å². The van der Waals surface area contributed by atoms with E-state index >= 15 is 0 Å². The number of hydrogen-bond donors (Lipinski definition) is 1. The van der Waals surface area contributed by atoms with Gasteiger partial charge in [0.2, 0.25) is 5.91 Å². The summed E-state index contributed by atoms with van der Waals surface area (Å²) in [4.78, 5) is 12.2. The van der Waals surface area contributed by atoms with Crippen molar-refractivity contribution in [2.45, 2.75) is 18.8 Å². The zero-order valence-corrected chi connectivity index (χ0v) is 15.6. The Hall–Kier alpha value is -3.01. The summed E-state index contributed by atoms with van der Waals surface area (Å²) in [6.45, 7) is 0. The molecule has 1 amide bonds. The second-order valence-electron chi connectivity index (χ2n) is 6.22. The van der Waals surface area contributed by atoms with Crippen LogP contribution in [0.4, 0.5) is 32.0 Å². The first-order valence-electron chi connectivity index (χ1n) is 8.33. The first-order valence-corrected chi connectivity index (χ1v) is 8.70. The fourth-order valence-electron chi connectivity index (χ4n) is 2.63. The number of carbonyl (C=O) groups is 1. The summed E-state index contributed by atoms with van der Waals surface area (Å²) >= 11 is 5.77. The lowest BCUT2D eigenvalue weighted by Crippen LogP contribution is -2.16. The molecular weight excluding hydrogens is 436 g/mol. The Kier molecular flexibility index (Phi) is 5.80. The van der Waals surface area contributed by atoms with Gasteiger partial charge in [-0.3, -0.25) is 4.79 Å². The van der Waals surface area contributed by atoms with E-state index in [4.69, 9.17) is 11.6 Å². The molecule has 0 aliphatic rings. The second kappa shape index (κ2) is 8.02. The van der Waals surface area contributed by atoms with Crippen molar-refractivity contribution in [1.29, 1.82) is 0 Å². The molecule has 0 aliphatic carbocycles. The molecule has 0 fully saturated rings. The van der Waals surface area contributed by atoms with Crippen LogP contribution in [0.1, 0.15) is 17.0 Å². The minimum Gasteiger partial charge on any atom is -0.326 e. The van der Waals surface area contributed by atoms with E-state index in [1.54, 1.807) is 24.3 Å². The molecule has 30 heavy (non-hydrogen) atoms. The van der Waals surface area contributed by atoms with Crippen LogP contribution in [0.5, 0.6) is 0 Å². The van der Waals surface area contributed by atoms with Crippen LogP contribution < -0.4 is 5.32 Å². The SMILES string of the molecule is O=C(Cc1ccc(Cl)cc1)Nc1cccc(-n2nc(C(F)(F)F)cc2C(F)(F)F)c1. The predicted molar refractivity (Wildman–Crippen MR) is 97.4 cm³/mol. The average molecular weight is 448 g/mol. The van der Waals surface area contributed by atoms with Gasteiger partial charge in [-0.15, -0.1) is 0 Å². The highest BCUT2D eigenvalue weighted by atomic mass is 35.5. The maximum atomic E-state index is 13.2. The molecule has 158 valence electrons. The number of alkyl halides is 6. The number of aromatic nitrogens is 2. The van der Waals surface area contributed by atoms with Gasteiger partial charge in [0, 0.05) is 16.8 Å². The summed E-state index contributed by atoms with van der Waals surface area (Å²) in [7, 11) is 0. The fraction of sp³-hybridized carbons (Fsp3) is 0.158. The summed E-state index contributed by atoms with van der Waals surface area (Å²) in [6.07, 6.45) is -10.1. The molecule has 0 atom stereocenters. The molecule has 2 aromatic carbocycles. The number of carbonyl (C=O) groups excluding carboxylic acids is 1. The zero-order valence-electron chi connectivity index (χ0n) is 14.9. The van der Waals surface area contributed by atoms with Gasteiger partial charge < -0.3 is 5.32 Å². The average Bonchev–Trinajstić information content (AvgIpc) is 3.10. The third-order valence-corrected chi connectivity index (χ3v) is 4.19. The monoisotopic (exact) mass is 447 g/mol. The summed E-state index contributed by atoms with van der Waals surface area (Å²) in [5.41, 5.74) is -2.80. The molecule has 0 radical (unpaired) electrons. The lowest BCUT2D eigenvalue weighted by Gasteiger charge is -2.12. The predicted octanol–water partition coefficient (Wildman–Crippen LogP) is 5.74. The van der Waals surface area contributed by atoms with Crippen LogP contribution in [0.25, 0.3) is 5.69 Å². The van der Waals surface area contributed by atoms with E-state index in [-0.39, 0.29) is 28.5 Å². The maximum absolute atomic E-state index is 13.2.